The number of rotatable bonds is 5. The van der Waals surface area contributed by atoms with Gasteiger partial charge in [-0.2, -0.15) is 0 Å². The summed E-state index contributed by atoms with van der Waals surface area (Å²) in [6.45, 7) is 2.96. The van der Waals surface area contributed by atoms with Crippen LogP contribution in [0.25, 0.3) is 0 Å². The SMILES string of the molecule is CCOC(=O)Cc1c([N+](=O)[O-])cnc(C(F)F)c1C. The quantitative estimate of drug-likeness (QED) is 0.467. The minimum Gasteiger partial charge on any atom is -0.466 e. The van der Waals surface area contributed by atoms with Crippen molar-refractivity contribution in [2.45, 2.75) is 26.7 Å². The second-order valence-corrected chi connectivity index (χ2v) is 3.67. The molecule has 0 aliphatic rings. The van der Waals surface area contributed by atoms with Crippen molar-refractivity contribution in [3.8, 4) is 0 Å². The predicted octanol–water partition coefficient (Wildman–Crippen LogP) is 2.34. The molecule has 6 nitrogen and oxygen atoms in total. The van der Waals surface area contributed by atoms with Crippen LogP contribution in [0, 0.1) is 17.0 Å². The maximum absolute atomic E-state index is 12.7. The minimum atomic E-state index is -2.86. The molecule has 0 N–H and O–H groups in total. The first kappa shape index (κ1) is 14.9. The summed E-state index contributed by atoms with van der Waals surface area (Å²) in [6, 6.07) is 0. The van der Waals surface area contributed by atoms with Crippen molar-refractivity contribution < 1.29 is 23.2 Å². The van der Waals surface area contributed by atoms with Gasteiger partial charge >= 0.3 is 5.97 Å². The normalized spacial score (nSPS) is 10.6. The van der Waals surface area contributed by atoms with Gasteiger partial charge in [-0.3, -0.25) is 14.9 Å². The van der Waals surface area contributed by atoms with E-state index in [0.717, 1.165) is 6.20 Å². The number of carbonyl (C=O) groups is 1. The molecule has 8 heteroatoms. The summed E-state index contributed by atoms with van der Waals surface area (Å²) in [7, 11) is 0. The molecule has 1 aromatic rings. The first-order valence-electron chi connectivity index (χ1n) is 5.45. The molecule has 19 heavy (non-hydrogen) atoms. The Kier molecular flexibility index (Phi) is 4.85. The lowest BCUT2D eigenvalue weighted by Gasteiger charge is -2.10. The molecule has 0 fully saturated rings. The van der Waals surface area contributed by atoms with E-state index in [-0.39, 0.29) is 17.7 Å². The zero-order chi connectivity index (χ0) is 14.6. The Hall–Kier alpha value is -2.12. The smallest absolute Gasteiger partial charge is 0.310 e. The Morgan fingerprint density at radius 3 is 2.68 bits per heavy atom. The van der Waals surface area contributed by atoms with Gasteiger partial charge < -0.3 is 4.74 Å². The van der Waals surface area contributed by atoms with Gasteiger partial charge in [0, 0.05) is 5.56 Å². The fourth-order valence-electron chi connectivity index (χ4n) is 1.61. The number of aromatic nitrogens is 1. The van der Waals surface area contributed by atoms with E-state index in [1.54, 1.807) is 6.92 Å². The number of carbonyl (C=O) groups excluding carboxylic acids is 1. The van der Waals surface area contributed by atoms with Crippen molar-refractivity contribution in [2.75, 3.05) is 6.61 Å². The van der Waals surface area contributed by atoms with E-state index >= 15 is 0 Å². The number of nitro groups is 1. The van der Waals surface area contributed by atoms with Gasteiger partial charge in [0.1, 0.15) is 11.9 Å². The third-order valence-electron chi connectivity index (χ3n) is 2.50. The molecule has 0 aromatic carbocycles. The van der Waals surface area contributed by atoms with Gasteiger partial charge in [-0.15, -0.1) is 0 Å². The summed E-state index contributed by atoms with van der Waals surface area (Å²) in [6.07, 6.45) is -2.55. The molecule has 0 saturated heterocycles. The molecular weight excluding hydrogens is 262 g/mol. The van der Waals surface area contributed by atoms with Gasteiger partial charge in [-0.05, 0) is 19.4 Å². The van der Waals surface area contributed by atoms with Crippen LogP contribution < -0.4 is 0 Å². The molecule has 0 bridgehead atoms. The number of ether oxygens (including phenoxy) is 1. The van der Waals surface area contributed by atoms with E-state index in [1.807, 2.05) is 0 Å². The average molecular weight is 274 g/mol. The number of pyridine rings is 1. The van der Waals surface area contributed by atoms with E-state index in [9.17, 15) is 23.7 Å². The summed E-state index contributed by atoms with van der Waals surface area (Å²) in [5.74, 6) is -0.708. The number of hydrogen-bond acceptors (Lipinski definition) is 5. The van der Waals surface area contributed by atoms with Gasteiger partial charge in [-0.1, -0.05) is 0 Å². The molecule has 1 aromatic heterocycles. The van der Waals surface area contributed by atoms with Crippen LogP contribution in [-0.4, -0.2) is 22.5 Å². The molecule has 0 unspecified atom stereocenters. The number of nitrogens with zero attached hydrogens (tertiary/aromatic N) is 2. The van der Waals surface area contributed by atoms with Gasteiger partial charge in [0.25, 0.3) is 12.1 Å². The highest BCUT2D eigenvalue weighted by atomic mass is 19.3. The number of halogens is 2. The summed E-state index contributed by atoms with van der Waals surface area (Å²) in [5.41, 5.74) is -1.18. The van der Waals surface area contributed by atoms with E-state index in [0.29, 0.717) is 0 Å². The fourth-order valence-corrected chi connectivity index (χ4v) is 1.61. The molecule has 0 saturated carbocycles. The second-order valence-electron chi connectivity index (χ2n) is 3.67. The Labute approximate surface area is 107 Å². The van der Waals surface area contributed by atoms with E-state index < -0.39 is 35.1 Å². The fraction of sp³-hybridized carbons (Fsp3) is 0.455. The highest BCUT2D eigenvalue weighted by Gasteiger charge is 2.25. The van der Waals surface area contributed by atoms with Crippen LogP contribution in [0.5, 0.6) is 0 Å². The molecule has 0 aliphatic heterocycles. The molecule has 104 valence electrons. The number of esters is 1. The third kappa shape index (κ3) is 3.43. The second kappa shape index (κ2) is 6.17. The minimum absolute atomic E-state index is 0.0581. The van der Waals surface area contributed by atoms with Crippen LogP contribution >= 0.6 is 0 Å². The molecule has 0 amide bonds. The standard InChI is InChI=1S/C11H12F2N2O4/c1-3-19-9(16)4-7-6(2)10(11(12)13)14-5-8(7)15(17)18/h5,11H,3-4H2,1-2H3. The average Bonchev–Trinajstić information content (AvgIpc) is 2.31. The van der Waals surface area contributed by atoms with E-state index in [4.69, 9.17) is 0 Å². The summed E-state index contributed by atoms with van der Waals surface area (Å²) in [5, 5.41) is 10.8. The Morgan fingerprint density at radius 1 is 1.58 bits per heavy atom. The van der Waals surface area contributed by atoms with Crippen LogP contribution in [0.4, 0.5) is 14.5 Å². The highest BCUT2D eigenvalue weighted by Crippen LogP contribution is 2.29. The molecular formula is C11H12F2N2O4. The zero-order valence-electron chi connectivity index (χ0n) is 10.4. The van der Waals surface area contributed by atoms with E-state index in [2.05, 4.69) is 9.72 Å². The van der Waals surface area contributed by atoms with Crippen molar-refractivity contribution in [2.24, 2.45) is 0 Å². The zero-order valence-corrected chi connectivity index (χ0v) is 10.4. The van der Waals surface area contributed by atoms with Gasteiger partial charge in [-0.25, -0.2) is 13.8 Å². The lowest BCUT2D eigenvalue weighted by Crippen LogP contribution is -2.12. The maximum Gasteiger partial charge on any atom is 0.310 e. The number of alkyl halides is 2. The first-order valence-corrected chi connectivity index (χ1v) is 5.45. The lowest BCUT2D eigenvalue weighted by molar-refractivity contribution is -0.385. The topological polar surface area (TPSA) is 82.3 Å². The van der Waals surface area contributed by atoms with Crippen LogP contribution in [0.15, 0.2) is 6.20 Å². The summed E-state index contributed by atoms with van der Waals surface area (Å²) < 4.78 is 30.0. The first-order chi connectivity index (χ1) is 8.88. The van der Waals surface area contributed by atoms with E-state index in [1.165, 1.54) is 6.92 Å². The maximum atomic E-state index is 12.7. The largest absolute Gasteiger partial charge is 0.466 e. The molecule has 0 atom stereocenters. The van der Waals surface area contributed by atoms with Crippen molar-refractivity contribution in [3.05, 3.63) is 33.1 Å². The highest BCUT2D eigenvalue weighted by molar-refractivity contribution is 5.75. The third-order valence-corrected chi connectivity index (χ3v) is 2.50. The Balaban J connectivity index is 3.26. The molecule has 0 spiro atoms. The molecule has 1 heterocycles. The Morgan fingerprint density at radius 2 is 2.21 bits per heavy atom. The Bertz CT molecular complexity index is 506. The van der Waals surface area contributed by atoms with Crippen LogP contribution in [-0.2, 0) is 16.0 Å². The summed E-state index contributed by atoms with van der Waals surface area (Å²) >= 11 is 0. The van der Waals surface area contributed by atoms with Crippen molar-refractivity contribution in [1.82, 2.24) is 4.98 Å². The van der Waals surface area contributed by atoms with Gasteiger partial charge in [0.05, 0.1) is 18.0 Å². The van der Waals surface area contributed by atoms with Crippen molar-refractivity contribution >= 4 is 11.7 Å². The van der Waals surface area contributed by atoms with Crippen LogP contribution in [0.3, 0.4) is 0 Å². The van der Waals surface area contributed by atoms with Crippen molar-refractivity contribution in [3.63, 3.8) is 0 Å². The van der Waals surface area contributed by atoms with Gasteiger partial charge in [0.2, 0.25) is 0 Å². The van der Waals surface area contributed by atoms with Crippen molar-refractivity contribution in [1.29, 1.82) is 0 Å². The molecule has 0 radical (unpaired) electrons. The van der Waals surface area contributed by atoms with Crippen LogP contribution in [0.2, 0.25) is 0 Å². The lowest BCUT2D eigenvalue weighted by atomic mass is 10.0. The predicted molar refractivity (Wildman–Crippen MR) is 60.9 cm³/mol. The van der Waals surface area contributed by atoms with Crippen LogP contribution in [0.1, 0.15) is 30.2 Å². The summed E-state index contributed by atoms with van der Waals surface area (Å²) in [4.78, 5) is 24.8. The molecule has 1 rings (SSSR count). The molecule has 0 aliphatic carbocycles. The van der Waals surface area contributed by atoms with Gasteiger partial charge in [0.15, 0.2) is 0 Å². The number of hydrogen-bond donors (Lipinski definition) is 0. The monoisotopic (exact) mass is 274 g/mol.